The SMILES string of the molecule is CCNc1nc(-c2ccc(CC)s2)nc2c1CCCC2. The van der Waals surface area contributed by atoms with Crippen LogP contribution in [0.15, 0.2) is 12.1 Å². The highest BCUT2D eigenvalue weighted by molar-refractivity contribution is 7.15. The van der Waals surface area contributed by atoms with Crippen LogP contribution in [-0.4, -0.2) is 16.5 Å². The third-order valence-corrected chi connectivity index (χ3v) is 4.98. The molecule has 2 heterocycles. The zero-order valence-electron chi connectivity index (χ0n) is 12.2. The zero-order valence-corrected chi connectivity index (χ0v) is 13.0. The number of aryl methyl sites for hydroxylation is 2. The van der Waals surface area contributed by atoms with Gasteiger partial charge in [-0.15, -0.1) is 11.3 Å². The van der Waals surface area contributed by atoms with Gasteiger partial charge in [-0.05, 0) is 51.2 Å². The minimum absolute atomic E-state index is 0.895. The second-order valence-corrected chi connectivity index (χ2v) is 6.35. The largest absolute Gasteiger partial charge is 0.370 e. The van der Waals surface area contributed by atoms with E-state index in [-0.39, 0.29) is 0 Å². The molecular weight excluding hydrogens is 266 g/mol. The Bertz CT molecular complexity index is 604. The molecule has 1 aliphatic carbocycles. The van der Waals surface area contributed by atoms with Gasteiger partial charge in [0.05, 0.1) is 4.88 Å². The fourth-order valence-corrected chi connectivity index (χ4v) is 3.59. The van der Waals surface area contributed by atoms with E-state index in [0.717, 1.165) is 37.4 Å². The molecule has 0 bridgehead atoms. The Labute approximate surface area is 124 Å². The molecule has 0 aliphatic heterocycles. The van der Waals surface area contributed by atoms with E-state index in [0.29, 0.717) is 0 Å². The molecule has 0 saturated carbocycles. The van der Waals surface area contributed by atoms with Crippen LogP contribution in [0.3, 0.4) is 0 Å². The number of nitrogens with one attached hydrogen (secondary N) is 1. The Morgan fingerprint density at radius 3 is 2.75 bits per heavy atom. The van der Waals surface area contributed by atoms with Gasteiger partial charge in [0.1, 0.15) is 5.82 Å². The third kappa shape index (κ3) is 2.57. The predicted octanol–water partition coefficient (Wildman–Crippen LogP) is 4.08. The Morgan fingerprint density at radius 1 is 1.15 bits per heavy atom. The molecule has 0 fully saturated rings. The molecule has 0 saturated heterocycles. The van der Waals surface area contributed by atoms with E-state index >= 15 is 0 Å². The standard InChI is InChI=1S/C16H21N3S/c1-3-11-9-10-14(20-11)16-18-13-8-6-5-7-12(13)15(19-16)17-4-2/h9-10H,3-8H2,1-2H3,(H,17,18,19). The lowest BCUT2D eigenvalue weighted by molar-refractivity contribution is 0.665. The van der Waals surface area contributed by atoms with Gasteiger partial charge in [0.15, 0.2) is 5.82 Å². The van der Waals surface area contributed by atoms with Gasteiger partial charge in [-0.3, -0.25) is 0 Å². The first kappa shape index (κ1) is 13.6. The maximum absolute atomic E-state index is 4.83. The summed E-state index contributed by atoms with van der Waals surface area (Å²) in [5.41, 5.74) is 2.60. The van der Waals surface area contributed by atoms with Gasteiger partial charge in [0, 0.05) is 22.7 Å². The number of hydrogen-bond donors (Lipinski definition) is 1. The summed E-state index contributed by atoms with van der Waals surface area (Å²) in [6, 6.07) is 4.35. The Morgan fingerprint density at radius 2 is 2.00 bits per heavy atom. The highest BCUT2D eigenvalue weighted by Crippen LogP contribution is 2.31. The zero-order chi connectivity index (χ0) is 13.9. The minimum Gasteiger partial charge on any atom is -0.370 e. The number of nitrogens with zero attached hydrogens (tertiary/aromatic N) is 2. The molecule has 0 amide bonds. The van der Waals surface area contributed by atoms with Gasteiger partial charge < -0.3 is 5.32 Å². The summed E-state index contributed by atoms with van der Waals surface area (Å²) in [6.07, 6.45) is 5.79. The first-order chi connectivity index (χ1) is 9.81. The molecule has 0 aromatic carbocycles. The van der Waals surface area contributed by atoms with Gasteiger partial charge in [-0.25, -0.2) is 9.97 Å². The van der Waals surface area contributed by atoms with Crippen LogP contribution < -0.4 is 5.32 Å². The molecule has 1 N–H and O–H groups in total. The maximum atomic E-state index is 4.83. The summed E-state index contributed by atoms with van der Waals surface area (Å²) in [6.45, 7) is 5.22. The molecule has 0 unspecified atom stereocenters. The first-order valence-electron chi connectivity index (χ1n) is 7.54. The summed E-state index contributed by atoms with van der Waals surface area (Å²) < 4.78 is 0. The Kier molecular flexibility index (Phi) is 4.01. The normalized spacial score (nSPS) is 14.1. The second-order valence-electron chi connectivity index (χ2n) is 5.18. The second kappa shape index (κ2) is 5.92. The van der Waals surface area contributed by atoms with Gasteiger partial charge >= 0.3 is 0 Å². The summed E-state index contributed by atoms with van der Waals surface area (Å²) >= 11 is 1.81. The predicted molar refractivity (Wildman–Crippen MR) is 85.5 cm³/mol. The molecule has 0 atom stereocenters. The number of fused-ring (bicyclic) bond motifs is 1. The Hall–Kier alpha value is -1.42. The minimum atomic E-state index is 0.895. The fraction of sp³-hybridized carbons (Fsp3) is 0.500. The Balaban J connectivity index is 2.04. The van der Waals surface area contributed by atoms with Crippen molar-refractivity contribution in [1.29, 1.82) is 0 Å². The molecule has 4 heteroatoms. The molecule has 106 valence electrons. The molecule has 0 radical (unpaired) electrons. The van der Waals surface area contributed by atoms with Crippen LogP contribution in [0.4, 0.5) is 5.82 Å². The number of anilines is 1. The van der Waals surface area contributed by atoms with E-state index < -0.39 is 0 Å². The first-order valence-corrected chi connectivity index (χ1v) is 8.36. The summed E-state index contributed by atoms with van der Waals surface area (Å²) in [5, 5.41) is 3.42. The molecule has 3 nitrogen and oxygen atoms in total. The molecular formula is C16H21N3S. The van der Waals surface area contributed by atoms with Crippen LogP contribution in [0.2, 0.25) is 0 Å². The highest BCUT2D eigenvalue weighted by Gasteiger charge is 2.18. The van der Waals surface area contributed by atoms with E-state index in [9.17, 15) is 0 Å². The van der Waals surface area contributed by atoms with Gasteiger partial charge in [0.25, 0.3) is 0 Å². The van der Waals surface area contributed by atoms with Gasteiger partial charge in [-0.1, -0.05) is 6.92 Å². The molecule has 1 aliphatic rings. The average molecular weight is 287 g/mol. The van der Waals surface area contributed by atoms with Crippen molar-refractivity contribution in [3.8, 4) is 10.7 Å². The van der Waals surface area contributed by atoms with Crippen molar-refractivity contribution in [2.45, 2.75) is 46.0 Å². The van der Waals surface area contributed by atoms with E-state index in [1.54, 1.807) is 0 Å². The number of hydrogen-bond acceptors (Lipinski definition) is 4. The van der Waals surface area contributed by atoms with Crippen molar-refractivity contribution in [1.82, 2.24) is 9.97 Å². The van der Waals surface area contributed by atoms with E-state index in [2.05, 4.69) is 31.3 Å². The topological polar surface area (TPSA) is 37.8 Å². The van der Waals surface area contributed by atoms with E-state index in [4.69, 9.17) is 9.97 Å². The van der Waals surface area contributed by atoms with Crippen LogP contribution in [0, 0.1) is 0 Å². The van der Waals surface area contributed by atoms with Crippen LogP contribution >= 0.6 is 11.3 Å². The third-order valence-electron chi connectivity index (χ3n) is 3.76. The van der Waals surface area contributed by atoms with Crippen molar-refractivity contribution in [2.75, 3.05) is 11.9 Å². The molecule has 20 heavy (non-hydrogen) atoms. The monoisotopic (exact) mass is 287 g/mol. The van der Waals surface area contributed by atoms with Crippen LogP contribution in [0.1, 0.15) is 42.8 Å². The van der Waals surface area contributed by atoms with Crippen molar-refractivity contribution in [3.05, 3.63) is 28.3 Å². The number of thiophene rings is 1. The lowest BCUT2D eigenvalue weighted by Crippen LogP contribution is -2.13. The van der Waals surface area contributed by atoms with Crippen LogP contribution in [0.25, 0.3) is 10.7 Å². The van der Waals surface area contributed by atoms with Crippen LogP contribution in [-0.2, 0) is 19.3 Å². The smallest absolute Gasteiger partial charge is 0.171 e. The van der Waals surface area contributed by atoms with Crippen molar-refractivity contribution >= 4 is 17.2 Å². The van der Waals surface area contributed by atoms with Crippen molar-refractivity contribution in [2.24, 2.45) is 0 Å². The quantitative estimate of drug-likeness (QED) is 0.921. The highest BCUT2D eigenvalue weighted by atomic mass is 32.1. The summed E-state index contributed by atoms with van der Waals surface area (Å²) in [5.74, 6) is 1.95. The van der Waals surface area contributed by atoms with Crippen LogP contribution in [0.5, 0.6) is 0 Å². The summed E-state index contributed by atoms with van der Waals surface area (Å²) in [4.78, 5) is 12.2. The van der Waals surface area contributed by atoms with Gasteiger partial charge in [0.2, 0.25) is 0 Å². The summed E-state index contributed by atoms with van der Waals surface area (Å²) in [7, 11) is 0. The van der Waals surface area contributed by atoms with Crippen molar-refractivity contribution in [3.63, 3.8) is 0 Å². The maximum Gasteiger partial charge on any atom is 0.171 e. The lowest BCUT2D eigenvalue weighted by Gasteiger charge is -2.19. The number of rotatable bonds is 4. The molecule has 3 rings (SSSR count). The van der Waals surface area contributed by atoms with Crippen molar-refractivity contribution < 1.29 is 0 Å². The number of aromatic nitrogens is 2. The molecule has 2 aromatic rings. The molecule has 0 spiro atoms. The van der Waals surface area contributed by atoms with E-state index in [1.807, 2.05) is 11.3 Å². The lowest BCUT2D eigenvalue weighted by atomic mass is 9.96. The van der Waals surface area contributed by atoms with E-state index in [1.165, 1.54) is 33.9 Å². The average Bonchev–Trinajstić information content (AvgIpc) is 2.96. The van der Waals surface area contributed by atoms with Gasteiger partial charge in [-0.2, -0.15) is 0 Å². The fourth-order valence-electron chi connectivity index (χ4n) is 2.71. The molecule has 2 aromatic heterocycles.